The van der Waals surface area contributed by atoms with Crippen molar-refractivity contribution in [3.8, 4) is 0 Å². The minimum Gasteiger partial charge on any atom is -0.340 e. The molecule has 3 rings (SSSR count). The lowest BCUT2D eigenvalue weighted by Crippen LogP contribution is -2.52. The van der Waals surface area contributed by atoms with E-state index in [1.54, 1.807) is 18.5 Å². The summed E-state index contributed by atoms with van der Waals surface area (Å²) in [6.45, 7) is 7.42. The molecule has 2 aliphatic heterocycles. The SMILES string of the molecule is Cc1nn(CCC(=O)N2CCN3CCC[C@H]3C2)c(C)c1[N+](=O)[O-]. The maximum atomic E-state index is 12.4. The van der Waals surface area contributed by atoms with Gasteiger partial charge >= 0.3 is 5.69 Å². The first-order chi connectivity index (χ1) is 11.0. The highest BCUT2D eigenvalue weighted by Gasteiger charge is 2.32. The third-order valence-electron chi connectivity index (χ3n) is 5.00. The van der Waals surface area contributed by atoms with Crippen LogP contribution >= 0.6 is 0 Å². The first kappa shape index (κ1) is 15.9. The Morgan fingerprint density at radius 2 is 2.13 bits per heavy atom. The van der Waals surface area contributed by atoms with Gasteiger partial charge in [-0.3, -0.25) is 24.5 Å². The van der Waals surface area contributed by atoms with Crippen LogP contribution < -0.4 is 0 Å². The Labute approximate surface area is 135 Å². The molecule has 126 valence electrons. The molecular formula is C15H23N5O3. The van der Waals surface area contributed by atoms with Gasteiger partial charge in [0.05, 0.1) is 11.5 Å². The molecule has 8 nitrogen and oxygen atoms in total. The lowest BCUT2D eigenvalue weighted by Gasteiger charge is -2.37. The van der Waals surface area contributed by atoms with Gasteiger partial charge in [0, 0.05) is 32.1 Å². The van der Waals surface area contributed by atoms with Gasteiger partial charge in [-0.2, -0.15) is 5.10 Å². The van der Waals surface area contributed by atoms with Gasteiger partial charge in [-0.25, -0.2) is 0 Å². The lowest BCUT2D eigenvalue weighted by molar-refractivity contribution is -0.386. The molecule has 0 spiro atoms. The predicted molar refractivity (Wildman–Crippen MR) is 84.1 cm³/mol. The number of hydrogen-bond donors (Lipinski definition) is 0. The van der Waals surface area contributed by atoms with Crippen LogP contribution in [0.15, 0.2) is 0 Å². The fourth-order valence-corrected chi connectivity index (χ4v) is 3.75. The number of nitrogens with zero attached hydrogens (tertiary/aromatic N) is 5. The van der Waals surface area contributed by atoms with Gasteiger partial charge in [-0.15, -0.1) is 0 Å². The molecule has 0 N–H and O–H groups in total. The lowest BCUT2D eigenvalue weighted by atomic mass is 10.1. The largest absolute Gasteiger partial charge is 0.340 e. The van der Waals surface area contributed by atoms with Crippen LogP contribution in [-0.2, 0) is 11.3 Å². The summed E-state index contributed by atoms with van der Waals surface area (Å²) >= 11 is 0. The molecule has 1 amide bonds. The molecule has 0 aromatic carbocycles. The number of hydrogen-bond acceptors (Lipinski definition) is 5. The summed E-state index contributed by atoms with van der Waals surface area (Å²) in [7, 11) is 0. The summed E-state index contributed by atoms with van der Waals surface area (Å²) in [5.74, 6) is 0.117. The van der Waals surface area contributed by atoms with Crippen molar-refractivity contribution in [2.45, 2.75) is 45.7 Å². The molecule has 1 aromatic rings. The monoisotopic (exact) mass is 321 g/mol. The minimum atomic E-state index is -0.407. The molecule has 23 heavy (non-hydrogen) atoms. The number of carbonyl (C=O) groups is 1. The van der Waals surface area contributed by atoms with Gasteiger partial charge in [0.25, 0.3) is 0 Å². The van der Waals surface area contributed by atoms with E-state index in [-0.39, 0.29) is 11.6 Å². The molecule has 0 bridgehead atoms. The van der Waals surface area contributed by atoms with Crippen LogP contribution in [-0.4, -0.2) is 62.6 Å². The first-order valence-electron chi connectivity index (χ1n) is 8.17. The zero-order chi connectivity index (χ0) is 16.6. The molecule has 2 aliphatic rings. The summed E-state index contributed by atoms with van der Waals surface area (Å²) in [6.07, 6.45) is 2.74. The van der Waals surface area contributed by atoms with Crippen molar-refractivity contribution in [3.63, 3.8) is 0 Å². The Hall–Kier alpha value is -1.96. The van der Waals surface area contributed by atoms with Crippen molar-refractivity contribution in [2.75, 3.05) is 26.2 Å². The highest BCUT2D eigenvalue weighted by atomic mass is 16.6. The van der Waals surface area contributed by atoms with E-state index in [9.17, 15) is 14.9 Å². The standard InChI is InChI=1S/C15H23N5O3/c1-11-15(20(22)23)12(2)19(16-11)7-5-14(21)18-9-8-17-6-3-4-13(17)10-18/h13H,3-10H2,1-2H3/t13-/m0/s1. The minimum absolute atomic E-state index is 0.0528. The zero-order valence-corrected chi connectivity index (χ0v) is 13.7. The molecule has 0 radical (unpaired) electrons. The van der Waals surface area contributed by atoms with Crippen molar-refractivity contribution < 1.29 is 9.72 Å². The van der Waals surface area contributed by atoms with E-state index in [0.717, 1.165) is 26.2 Å². The van der Waals surface area contributed by atoms with Crippen molar-refractivity contribution in [3.05, 3.63) is 21.5 Å². The van der Waals surface area contributed by atoms with Crippen LogP contribution in [0.2, 0.25) is 0 Å². The topological polar surface area (TPSA) is 84.5 Å². The Balaban J connectivity index is 1.59. The molecular weight excluding hydrogens is 298 g/mol. The van der Waals surface area contributed by atoms with Crippen molar-refractivity contribution in [2.24, 2.45) is 0 Å². The Kier molecular flexibility index (Phi) is 4.34. The third-order valence-corrected chi connectivity index (χ3v) is 5.00. The number of rotatable bonds is 4. The fraction of sp³-hybridized carbons (Fsp3) is 0.733. The predicted octanol–water partition coefficient (Wildman–Crippen LogP) is 1.10. The van der Waals surface area contributed by atoms with Gasteiger partial charge in [-0.1, -0.05) is 0 Å². The summed E-state index contributed by atoms with van der Waals surface area (Å²) in [5.41, 5.74) is 0.970. The number of piperazine rings is 1. The van der Waals surface area contributed by atoms with E-state index in [2.05, 4.69) is 10.00 Å². The molecule has 0 aliphatic carbocycles. The Bertz CT molecular complexity index is 627. The molecule has 2 saturated heterocycles. The maximum Gasteiger partial charge on any atom is 0.312 e. The molecule has 0 saturated carbocycles. The van der Waals surface area contributed by atoms with Crippen LogP contribution in [0.1, 0.15) is 30.7 Å². The Morgan fingerprint density at radius 3 is 2.83 bits per heavy atom. The second-order valence-corrected chi connectivity index (χ2v) is 6.42. The molecule has 1 aromatic heterocycles. The summed E-state index contributed by atoms with van der Waals surface area (Å²) in [4.78, 5) is 27.4. The third kappa shape index (κ3) is 3.08. The Morgan fingerprint density at radius 1 is 1.35 bits per heavy atom. The highest BCUT2D eigenvalue weighted by Crippen LogP contribution is 2.23. The normalized spacial score (nSPS) is 21.5. The number of aryl methyl sites for hydroxylation is 2. The van der Waals surface area contributed by atoms with Gasteiger partial charge in [0.2, 0.25) is 5.91 Å². The smallest absolute Gasteiger partial charge is 0.312 e. The van der Waals surface area contributed by atoms with E-state index < -0.39 is 4.92 Å². The van der Waals surface area contributed by atoms with E-state index in [1.807, 2.05) is 4.90 Å². The van der Waals surface area contributed by atoms with Crippen molar-refractivity contribution in [1.82, 2.24) is 19.6 Å². The van der Waals surface area contributed by atoms with Gasteiger partial charge in [0.1, 0.15) is 11.4 Å². The average molecular weight is 321 g/mol. The quantitative estimate of drug-likeness (QED) is 0.612. The number of nitro groups is 1. The second kappa shape index (κ2) is 6.27. The number of fused-ring (bicyclic) bond motifs is 1. The first-order valence-corrected chi connectivity index (χ1v) is 8.17. The highest BCUT2D eigenvalue weighted by molar-refractivity contribution is 5.76. The molecule has 1 atom stereocenters. The molecule has 0 unspecified atom stereocenters. The van der Waals surface area contributed by atoms with Gasteiger partial charge < -0.3 is 4.90 Å². The molecule has 2 fully saturated rings. The summed E-state index contributed by atoms with van der Waals surface area (Å²) < 4.78 is 1.58. The zero-order valence-electron chi connectivity index (χ0n) is 13.7. The molecule has 3 heterocycles. The van der Waals surface area contributed by atoms with Crippen molar-refractivity contribution in [1.29, 1.82) is 0 Å². The summed E-state index contributed by atoms with van der Waals surface area (Å²) in [6, 6.07) is 0.516. The van der Waals surface area contributed by atoms with Crippen LogP contribution in [0.25, 0.3) is 0 Å². The van der Waals surface area contributed by atoms with Gasteiger partial charge in [-0.05, 0) is 33.2 Å². The average Bonchev–Trinajstić information content (AvgIpc) is 3.08. The van der Waals surface area contributed by atoms with Gasteiger partial charge in [0.15, 0.2) is 0 Å². The van der Waals surface area contributed by atoms with Crippen molar-refractivity contribution >= 4 is 11.6 Å². The van der Waals surface area contributed by atoms with Crippen LogP contribution in [0, 0.1) is 24.0 Å². The molecule has 8 heteroatoms. The van der Waals surface area contributed by atoms with E-state index in [4.69, 9.17) is 0 Å². The number of amides is 1. The van der Waals surface area contributed by atoms with E-state index in [1.165, 1.54) is 12.8 Å². The summed E-state index contributed by atoms with van der Waals surface area (Å²) in [5, 5.41) is 15.2. The van der Waals surface area contributed by atoms with Crippen LogP contribution in [0.4, 0.5) is 5.69 Å². The van der Waals surface area contributed by atoms with E-state index >= 15 is 0 Å². The van der Waals surface area contributed by atoms with Crippen LogP contribution in [0.5, 0.6) is 0 Å². The fourth-order valence-electron chi connectivity index (χ4n) is 3.75. The van der Waals surface area contributed by atoms with E-state index in [0.29, 0.717) is 30.4 Å². The maximum absolute atomic E-state index is 12.4. The second-order valence-electron chi connectivity index (χ2n) is 6.42. The number of aromatic nitrogens is 2. The van der Waals surface area contributed by atoms with Crippen LogP contribution in [0.3, 0.4) is 0 Å². The number of carbonyl (C=O) groups excluding carboxylic acids is 1.